The van der Waals surface area contributed by atoms with Gasteiger partial charge in [0.1, 0.15) is 0 Å². The Morgan fingerprint density at radius 1 is 0.297 bits per heavy atom. The van der Waals surface area contributed by atoms with Crippen molar-refractivity contribution in [3.8, 4) is 0 Å². The van der Waals surface area contributed by atoms with Crippen molar-refractivity contribution in [2.45, 2.75) is 181 Å². The first-order chi connectivity index (χ1) is 18.4. The van der Waals surface area contributed by atoms with Crippen molar-refractivity contribution in [3.63, 3.8) is 0 Å². The molecule has 3 nitrogen and oxygen atoms in total. The first-order valence-electron chi connectivity index (χ1n) is 17.4. The molecule has 0 aliphatic carbocycles. The Balaban J connectivity index is 3.00. The molecular formula is C34H72N2O. The molecule has 0 bridgehead atoms. The van der Waals surface area contributed by atoms with Crippen LogP contribution in [-0.4, -0.2) is 39.4 Å². The average Bonchev–Trinajstić information content (AvgIpc) is 2.91. The summed E-state index contributed by atoms with van der Waals surface area (Å²) in [5.41, 5.74) is 0. The second-order valence-corrected chi connectivity index (χ2v) is 11.6. The van der Waals surface area contributed by atoms with Crippen molar-refractivity contribution in [1.82, 2.24) is 10.6 Å². The number of rotatable bonds is 34. The molecule has 0 unspecified atom stereocenters. The van der Waals surface area contributed by atoms with E-state index in [0.717, 1.165) is 39.1 Å². The maximum atomic E-state index is 5.79. The monoisotopic (exact) mass is 525 g/mol. The van der Waals surface area contributed by atoms with Crippen LogP contribution in [0.4, 0.5) is 0 Å². The molecule has 0 saturated heterocycles. The molecule has 0 saturated carbocycles. The van der Waals surface area contributed by atoms with Gasteiger partial charge in [-0.2, -0.15) is 0 Å². The molecule has 37 heavy (non-hydrogen) atoms. The summed E-state index contributed by atoms with van der Waals surface area (Å²) in [6.07, 6.45) is 36.6. The highest BCUT2D eigenvalue weighted by Gasteiger charge is 1.96. The predicted molar refractivity (Wildman–Crippen MR) is 168 cm³/mol. The van der Waals surface area contributed by atoms with Gasteiger partial charge in [-0.3, -0.25) is 0 Å². The summed E-state index contributed by atoms with van der Waals surface area (Å²) in [6.45, 7) is 11.0. The summed E-state index contributed by atoms with van der Waals surface area (Å²) in [5.74, 6) is 0. The maximum absolute atomic E-state index is 5.79. The molecular weight excluding hydrogens is 452 g/mol. The van der Waals surface area contributed by atoms with E-state index in [4.69, 9.17) is 4.74 Å². The van der Waals surface area contributed by atoms with Gasteiger partial charge in [0, 0.05) is 13.2 Å². The van der Waals surface area contributed by atoms with E-state index in [1.807, 2.05) is 0 Å². The summed E-state index contributed by atoms with van der Waals surface area (Å²) in [7, 11) is 0. The quantitative estimate of drug-likeness (QED) is 0.0821. The summed E-state index contributed by atoms with van der Waals surface area (Å²) in [4.78, 5) is 0. The number of nitrogens with one attached hydrogen (secondary N) is 2. The van der Waals surface area contributed by atoms with Gasteiger partial charge in [0.2, 0.25) is 0 Å². The fourth-order valence-corrected chi connectivity index (χ4v) is 5.13. The highest BCUT2D eigenvalue weighted by Crippen LogP contribution is 2.12. The lowest BCUT2D eigenvalue weighted by molar-refractivity contribution is 0.129. The van der Waals surface area contributed by atoms with Crippen molar-refractivity contribution in [2.24, 2.45) is 0 Å². The van der Waals surface area contributed by atoms with Crippen molar-refractivity contribution < 1.29 is 4.74 Å². The number of ether oxygens (including phenoxy) is 1. The van der Waals surface area contributed by atoms with E-state index in [0.29, 0.717) is 0 Å². The summed E-state index contributed by atoms with van der Waals surface area (Å²) >= 11 is 0. The van der Waals surface area contributed by atoms with Gasteiger partial charge in [0.15, 0.2) is 0 Å². The van der Waals surface area contributed by atoms with Crippen LogP contribution in [0.5, 0.6) is 0 Å². The molecule has 0 radical (unpaired) electrons. The molecule has 224 valence electrons. The van der Waals surface area contributed by atoms with Crippen molar-refractivity contribution in [1.29, 1.82) is 0 Å². The molecule has 0 aromatic rings. The molecule has 0 spiro atoms. The van der Waals surface area contributed by atoms with Crippen LogP contribution >= 0.6 is 0 Å². The lowest BCUT2D eigenvalue weighted by atomic mass is 10.1. The largest absolute Gasteiger partial charge is 0.381 e. The third-order valence-electron chi connectivity index (χ3n) is 7.70. The van der Waals surface area contributed by atoms with Crippen LogP contribution < -0.4 is 10.6 Å². The normalized spacial score (nSPS) is 11.5. The minimum Gasteiger partial charge on any atom is -0.381 e. The average molecular weight is 525 g/mol. The first kappa shape index (κ1) is 36.9. The third-order valence-corrected chi connectivity index (χ3v) is 7.70. The van der Waals surface area contributed by atoms with Gasteiger partial charge >= 0.3 is 0 Å². The zero-order valence-electron chi connectivity index (χ0n) is 26.0. The van der Waals surface area contributed by atoms with Gasteiger partial charge in [-0.15, -0.1) is 0 Å². The summed E-state index contributed by atoms with van der Waals surface area (Å²) < 4.78 is 5.79. The Labute approximate surface area is 235 Å². The number of hydrogen-bond donors (Lipinski definition) is 2. The maximum Gasteiger partial charge on any atom is 0.0478 e. The molecule has 0 aliphatic rings. The molecule has 0 amide bonds. The fourth-order valence-electron chi connectivity index (χ4n) is 5.13. The van der Waals surface area contributed by atoms with Gasteiger partial charge in [-0.25, -0.2) is 0 Å². The summed E-state index contributed by atoms with van der Waals surface area (Å²) in [5, 5.41) is 7.17. The van der Waals surface area contributed by atoms with Crippen LogP contribution in [0.15, 0.2) is 0 Å². The van der Waals surface area contributed by atoms with E-state index in [2.05, 4.69) is 24.5 Å². The smallest absolute Gasteiger partial charge is 0.0478 e. The first-order valence-corrected chi connectivity index (χ1v) is 17.4. The zero-order chi connectivity index (χ0) is 26.7. The predicted octanol–water partition coefficient (Wildman–Crippen LogP) is 10.4. The molecule has 0 fully saturated rings. The van der Waals surface area contributed by atoms with Crippen LogP contribution in [0.2, 0.25) is 0 Å². The van der Waals surface area contributed by atoms with Crippen LogP contribution in [0.3, 0.4) is 0 Å². The minimum atomic E-state index is 0.907. The standard InChI is InChI=1S/C34H72N2O/c1-3-5-7-9-11-13-15-17-19-21-23-25-29-35-31-27-33-37-34-28-32-36-30-26-24-22-20-18-16-14-12-10-8-6-4-2/h35-36H,3-34H2,1-2H3. The van der Waals surface area contributed by atoms with Crippen molar-refractivity contribution in [2.75, 3.05) is 39.4 Å². The van der Waals surface area contributed by atoms with Crippen molar-refractivity contribution in [3.05, 3.63) is 0 Å². The molecule has 0 atom stereocenters. The second-order valence-electron chi connectivity index (χ2n) is 11.6. The molecule has 3 heteroatoms. The lowest BCUT2D eigenvalue weighted by Crippen LogP contribution is -2.19. The summed E-state index contributed by atoms with van der Waals surface area (Å²) in [6, 6.07) is 0. The zero-order valence-corrected chi connectivity index (χ0v) is 26.0. The molecule has 0 heterocycles. The Kier molecular flexibility index (Phi) is 35.8. The van der Waals surface area contributed by atoms with E-state index < -0.39 is 0 Å². The third kappa shape index (κ3) is 35.9. The van der Waals surface area contributed by atoms with E-state index >= 15 is 0 Å². The fraction of sp³-hybridized carbons (Fsp3) is 1.00. The lowest BCUT2D eigenvalue weighted by Gasteiger charge is -2.07. The van der Waals surface area contributed by atoms with E-state index in [1.165, 1.54) is 167 Å². The Morgan fingerprint density at radius 2 is 0.541 bits per heavy atom. The van der Waals surface area contributed by atoms with E-state index in [-0.39, 0.29) is 0 Å². The second kappa shape index (κ2) is 35.9. The molecule has 0 aliphatic heterocycles. The minimum absolute atomic E-state index is 0.907. The number of hydrogen-bond acceptors (Lipinski definition) is 3. The van der Waals surface area contributed by atoms with Gasteiger partial charge in [0.25, 0.3) is 0 Å². The van der Waals surface area contributed by atoms with Crippen LogP contribution in [0.25, 0.3) is 0 Å². The van der Waals surface area contributed by atoms with E-state index in [1.54, 1.807) is 0 Å². The highest BCUT2D eigenvalue weighted by molar-refractivity contribution is 4.53. The Bertz CT molecular complexity index is 343. The highest BCUT2D eigenvalue weighted by atomic mass is 16.5. The molecule has 0 aromatic heterocycles. The molecule has 0 aromatic carbocycles. The van der Waals surface area contributed by atoms with Gasteiger partial charge in [-0.05, 0) is 51.9 Å². The van der Waals surface area contributed by atoms with Crippen LogP contribution in [-0.2, 0) is 4.74 Å². The topological polar surface area (TPSA) is 33.3 Å². The van der Waals surface area contributed by atoms with E-state index in [9.17, 15) is 0 Å². The van der Waals surface area contributed by atoms with Crippen molar-refractivity contribution >= 4 is 0 Å². The number of unbranched alkanes of at least 4 members (excludes halogenated alkanes) is 22. The molecule has 0 rings (SSSR count). The van der Waals surface area contributed by atoms with Crippen LogP contribution in [0.1, 0.15) is 181 Å². The Hall–Kier alpha value is -0.120. The van der Waals surface area contributed by atoms with Crippen LogP contribution in [0, 0.1) is 0 Å². The Morgan fingerprint density at radius 3 is 0.838 bits per heavy atom. The SMILES string of the molecule is CCCCCCCCCCCCCCNCCCOCCCNCCCCCCCCCCCCCC. The van der Waals surface area contributed by atoms with Gasteiger partial charge < -0.3 is 15.4 Å². The molecule has 2 N–H and O–H groups in total. The van der Waals surface area contributed by atoms with Gasteiger partial charge in [0.05, 0.1) is 0 Å². The van der Waals surface area contributed by atoms with Gasteiger partial charge in [-0.1, -0.05) is 155 Å².